The summed E-state index contributed by atoms with van der Waals surface area (Å²) in [5.74, 6) is 0.735. The van der Waals surface area contributed by atoms with Crippen LogP contribution >= 0.6 is 0 Å². The fraction of sp³-hybridized carbons (Fsp3) is 0.462. The maximum absolute atomic E-state index is 11.5. The number of hydrogen-bond donors (Lipinski definition) is 0. The van der Waals surface area contributed by atoms with Crippen LogP contribution in [-0.2, 0) is 9.53 Å². The van der Waals surface area contributed by atoms with E-state index >= 15 is 0 Å². The van der Waals surface area contributed by atoms with E-state index in [0.717, 1.165) is 12.8 Å². The Morgan fingerprint density at radius 2 is 2.00 bits per heavy atom. The maximum atomic E-state index is 11.5. The Balaban J connectivity index is 2.09. The minimum absolute atomic E-state index is 0.191. The third kappa shape index (κ3) is 2.26. The van der Waals surface area contributed by atoms with E-state index in [0.29, 0.717) is 12.3 Å². The van der Waals surface area contributed by atoms with Crippen LogP contribution in [0.25, 0.3) is 0 Å². The van der Waals surface area contributed by atoms with E-state index in [-0.39, 0.29) is 11.9 Å². The Hall–Kier alpha value is -1.15. The van der Waals surface area contributed by atoms with Gasteiger partial charge in [-0.3, -0.25) is 4.79 Å². The molecule has 0 bridgehead atoms. The summed E-state index contributed by atoms with van der Waals surface area (Å²) in [7, 11) is 1.62. The van der Waals surface area contributed by atoms with Crippen molar-refractivity contribution in [3.63, 3.8) is 0 Å². The second-order valence-corrected chi connectivity index (χ2v) is 4.07. The van der Waals surface area contributed by atoms with Crippen molar-refractivity contribution in [2.24, 2.45) is 0 Å². The van der Waals surface area contributed by atoms with E-state index in [1.165, 1.54) is 5.56 Å². The molecule has 2 atom stereocenters. The summed E-state index contributed by atoms with van der Waals surface area (Å²) in [6, 6.07) is 10.4. The van der Waals surface area contributed by atoms with Crippen LogP contribution in [0.15, 0.2) is 30.3 Å². The molecule has 0 unspecified atom stereocenters. The Morgan fingerprint density at radius 3 is 2.67 bits per heavy atom. The van der Waals surface area contributed by atoms with E-state index in [2.05, 4.69) is 12.1 Å². The summed E-state index contributed by atoms with van der Waals surface area (Å²) >= 11 is 0. The lowest BCUT2D eigenvalue weighted by Crippen LogP contribution is -2.30. The number of methoxy groups -OCH3 is 1. The van der Waals surface area contributed by atoms with Crippen LogP contribution in [0.2, 0.25) is 0 Å². The Labute approximate surface area is 90.3 Å². The zero-order valence-corrected chi connectivity index (χ0v) is 8.98. The maximum Gasteiger partial charge on any atom is 0.161 e. The summed E-state index contributed by atoms with van der Waals surface area (Å²) in [6.45, 7) is 0. The fourth-order valence-corrected chi connectivity index (χ4v) is 2.24. The van der Waals surface area contributed by atoms with Gasteiger partial charge in [0.05, 0.1) is 0 Å². The second kappa shape index (κ2) is 4.58. The molecule has 15 heavy (non-hydrogen) atoms. The largest absolute Gasteiger partial charge is 0.374 e. The third-order valence-corrected chi connectivity index (χ3v) is 3.15. The molecule has 80 valence electrons. The molecule has 0 spiro atoms. The van der Waals surface area contributed by atoms with Crippen molar-refractivity contribution in [1.82, 2.24) is 0 Å². The van der Waals surface area contributed by atoms with Crippen molar-refractivity contribution in [2.45, 2.75) is 31.3 Å². The highest BCUT2D eigenvalue weighted by Crippen LogP contribution is 2.32. The number of benzene rings is 1. The minimum Gasteiger partial charge on any atom is -0.374 e. The zero-order valence-electron chi connectivity index (χ0n) is 8.98. The molecular formula is C13H16O2. The molecule has 1 aliphatic rings. The summed E-state index contributed by atoms with van der Waals surface area (Å²) in [5.41, 5.74) is 1.33. The molecule has 0 saturated heterocycles. The second-order valence-electron chi connectivity index (χ2n) is 4.07. The minimum atomic E-state index is -0.191. The molecule has 0 aromatic heterocycles. The monoisotopic (exact) mass is 204 g/mol. The van der Waals surface area contributed by atoms with Crippen molar-refractivity contribution in [3.05, 3.63) is 35.9 Å². The first-order chi connectivity index (χ1) is 7.31. The number of ketones is 1. The molecule has 0 N–H and O–H groups in total. The van der Waals surface area contributed by atoms with Crippen molar-refractivity contribution < 1.29 is 9.53 Å². The molecule has 1 aromatic carbocycles. The molecule has 0 amide bonds. The van der Waals surface area contributed by atoms with Gasteiger partial charge < -0.3 is 4.74 Å². The van der Waals surface area contributed by atoms with Crippen LogP contribution < -0.4 is 0 Å². The normalized spacial score (nSPS) is 26.6. The summed E-state index contributed by atoms with van der Waals surface area (Å²) < 4.78 is 5.21. The van der Waals surface area contributed by atoms with E-state index in [1.807, 2.05) is 18.2 Å². The molecular weight excluding hydrogens is 188 g/mol. The predicted molar refractivity (Wildman–Crippen MR) is 58.8 cm³/mol. The van der Waals surface area contributed by atoms with E-state index < -0.39 is 0 Å². The van der Waals surface area contributed by atoms with E-state index in [4.69, 9.17) is 4.74 Å². The van der Waals surface area contributed by atoms with Crippen LogP contribution in [0.5, 0.6) is 0 Å². The Bertz CT molecular complexity index is 332. The van der Waals surface area contributed by atoms with Gasteiger partial charge in [0.1, 0.15) is 6.10 Å². The van der Waals surface area contributed by atoms with Gasteiger partial charge in [0.2, 0.25) is 0 Å². The van der Waals surface area contributed by atoms with Gasteiger partial charge in [0, 0.05) is 13.5 Å². The van der Waals surface area contributed by atoms with E-state index in [9.17, 15) is 4.79 Å². The topological polar surface area (TPSA) is 26.3 Å². The lowest BCUT2D eigenvalue weighted by Gasteiger charge is -2.27. The van der Waals surface area contributed by atoms with Crippen LogP contribution in [0.3, 0.4) is 0 Å². The van der Waals surface area contributed by atoms with Crippen molar-refractivity contribution in [2.75, 3.05) is 7.11 Å². The molecule has 1 fully saturated rings. The van der Waals surface area contributed by atoms with Gasteiger partial charge in [-0.05, 0) is 24.3 Å². The average Bonchev–Trinajstić information content (AvgIpc) is 2.31. The van der Waals surface area contributed by atoms with E-state index in [1.54, 1.807) is 7.11 Å². The van der Waals surface area contributed by atoms with Crippen molar-refractivity contribution in [3.8, 4) is 0 Å². The smallest absolute Gasteiger partial charge is 0.161 e. The van der Waals surface area contributed by atoms with Gasteiger partial charge >= 0.3 is 0 Å². The molecule has 2 nitrogen and oxygen atoms in total. The molecule has 0 radical (unpaired) electrons. The molecule has 2 heteroatoms. The first-order valence-electron chi connectivity index (χ1n) is 5.41. The van der Waals surface area contributed by atoms with Crippen LogP contribution in [0.1, 0.15) is 30.7 Å². The molecule has 0 heterocycles. The highest BCUT2D eigenvalue weighted by molar-refractivity contribution is 5.84. The summed E-state index contributed by atoms with van der Waals surface area (Å²) in [4.78, 5) is 11.5. The summed E-state index contributed by atoms with van der Waals surface area (Å²) in [5, 5.41) is 0. The van der Waals surface area contributed by atoms with Crippen molar-refractivity contribution >= 4 is 5.78 Å². The van der Waals surface area contributed by atoms with Gasteiger partial charge in [-0.1, -0.05) is 30.3 Å². The lowest BCUT2D eigenvalue weighted by atomic mass is 9.82. The third-order valence-electron chi connectivity index (χ3n) is 3.15. The van der Waals surface area contributed by atoms with Gasteiger partial charge in [0.25, 0.3) is 0 Å². The number of rotatable bonds is 2. The first kappa shape index (κ1) is 10.4. The quantitative estimate of drug-likeness (QED) is 0.740. The number of carbonyl (C=O) groups is 1. The van der Waals surface area contributed by atoms with Gasteiger partial charge in [-0.15, -0.1) is 0 Å². The van der Waals surface area contributed by atoms with Crippen LogP contribution in [-0.4, -0.2) is 19.0 Å². The van der Waals surface area contributed by atoms with Crippen molar-refractivity contribution in [1.29, 1.82) is 0 Å². The first-order valence-corrected chi connectivity index (χ1v) is 5.41. The highest BCUT2D eigenvalue weighted by Gasteiger charge is 2.29. The summed E-state index contributed by atoms with van der Waals surface area (Å²) in [6.07, 6.45) is 2.25. The SMILES string of the molecule is CO[C@@H]1C[C@@H](c2ccccc2)CCC1=O. The average molecular weight is 204 g/mol. The van der Waals surface area contributed by atoms with Gasteiger partial charge in [-0.25, -0.2) is 0 Å². The number of ether oxygens (including phenoxy) is 1. The fourth-order valence-electron chi connectivity index (χ4n) is 2.24. The molecule has 2 rings (SSSR count). The zero-order chi connectivity index (χ0) is 10.7. The molecule has 0 aliphatic heterocycles. The molecule has 1 aromatic rings. The Morgan fingerprint density at radius 1 is 1.27 bits per heavy atom. The van der Waals surface area contributed by atoms with Gasteiger partial charge in [-0.2, -0.15) is 0 Å². The van der Waals surface area contributed by atoms with Crippen LogP contribution in [0.4, 0.5) is 0 Å². The molecule has 1 saturated carbocycles. The molecule has 1 aliphatic carbocycles. The lowest BCUT2D eigenvalue weighted by molar-refractivity contribution is -0.131. The number of hydrogen-bond acceptors (Lipinski definition) is 2. The highest BCUT2D eigenvalue weighted by atomic mass is 16.5. The Kier molecular flexibility index (Phi) is 3.17. The van der Waals surface area contributed by atoms with Gasteiger partial charge in [0.15, 0.2) is 5.78 Å². The standard InChI is InChI=1S/C13H16O2/c1-15-13-9-11(7-8-12(13)14)10-5-3-2-4-6-10/h2-6,11,13H,7-9H2,1H3/t11-,13+/m0/s1. The predicted octanol–water partition coefficient (Wildman–Crippen LogP) is 2.54. The van der Waals surface area contributed by atoms with Crippen LogP contribution in [0, 0.1) is 0 Å². The number of Topliss-reactive ketones (excluding diaryl/α,β-unsaturated/α-hetero) is 1. The number of carbonyl (C=O) groups excluding carboxylic acids is 1.